The molecule has 7 heteroatoms. The second-order valence-electron chi connectivity index (χ2n) is 8.24. The zero-order chi connectivity index (χ0) is 22.6. The fourth-order valence-corrected chi connectivity index (χ4v) is 4.05. The topological polar surface area (TPSA) is 63.7 Å². The number of nitrogens with one attached hydrogen (secondary N) is 2. The van der Waals surface area contributed by atoms with Gasteiger partial charge < -0.3 is 20.4 Å². The van der Waals surface area contributed by atoms with Crippen molar-refractivity contribution in [1.82, 2.24) is 20.1 Å². The molecule has 1 fully saturated rings. The van der Waals surface area contributed by atoms with Gasteiger partial charge in [0.1, 0.15) is 0 Å². The van der Waals surface area contributed by atoms with E-state index in [1.165, 1.54) is 11.3 Å². The van der Waals surface area contributed by atoms with E-state index in [4.69, 9.17) is 0 Å². The minimum atomic E-state index is -0.136. The quantitative estimate of drug-likeness (QED) is 0.527. The Labute approximate surface area is 192 Å². The van der Waals surface area contributed by atoms with Crippen LogP contribution in [-0.2, 0) is 6.42 Å². The summed E-state index contributed by atoms with van der Waals surface area (Å²) in [7, 11) is 0. The number of aromatic nitrogens is 1. The number of hydrogen-bond donors (Lipinski definition) is 2. The highest BCUT2D eigenvalue weighted by molar-refractivity contribution is 5.89. The molecule has 174 valence electrons. The molecule has 1 aliphatic heterocycles. The Balaban J connectivity index is 1.28. The van der Waals surface area contributed by atoms with Crippen LogP contribution in [0, 0.1) is 0 Å². The van der Waals surface area contributed by atoms with E-state index >= 15 is 0 Å². The minimum absolute atomic E-state index is 0.136. The molecule has 1 aromatic heterocycles. The summed E-state index contributed by atoms with van der Waals surface area (Å²) < 4.78 is 0. The lowest BCUT2D eigenvalue weighted by molar-refractivity contribution is 0.244. The van der Waals surface area contributed by atoms with Crippen molar-refractivity contribution in [3.05, 3.63) is 54.4 Å². The Morgan fingerprint density at radius 1 is 1.00 bits per heavy atom. The molecular formula is C25H38N6O. The number of urea groups is 1. The van der Waals surface area contributed by atoms with Crippen molar-refractivity contribution in [2.45, 2.75) is 26.7 Å². The smallest absolute Gasteiger partial charge is 0.319 e. The van der Waals surface area contributed by atoms with Crippen molar-refractivity contribution >= 4 is 17.4 Å². The van der Waals surface area contributed by atoms with E-state index in [0.717, 1.165) is 70.9 Å². The second kappa shape index (κ2) is 13.0. The van der Waals surface area contributed by atoms with Gasteiger partial charge in [-0.25, -0.2) is 4.79 Å². The van der Waals surface area contributed by atoms with Crippen LogP contribution >= 0.6 is 0 Å². The Morgan fingerprint density at radius 2 is 1.69 bits per heavy atom. The first kappa shape index (κ1) is 24.0. The molecule has 2 heterocycles. The van der Waals surface area contributed by atoms with Gasteiger partial charge in [0.2, 0.25) is 0 Å². The standard InChI is InChI=1S/C25H38N6O/c1-3-29(4-2)17-12-22-6-8-23(9-7-22)28-25(32)27-13-5-16-30-18-20-31(21-19-30)24-10-14-26-15-11-24/h6-11,14-15H,3-5,12-13,16-21H2,1-2H3,(H2,27,28,32). The van der Waals surface area contributed by atoms with Crippen molar-refractivity contribution in [1.29, 1.82) is 0 Å². The van der Waals surface area contributed by atoms with Gasteiger partial charge in [0, 0.05) is 63.0 Å². The summed E-state index contributed by atoms with van der Waals surface area (Å²) >= 11 is 0. The molecule has 0 unspecified atom stereocenters. The molecular weight excluding hydrogens is 400 g/mol. The van der Waals surface area contributed by atoms with Gasteiger partial charge in [-0.3, -0.25) is 9.88 Å². The van der Waals surface area contributed by atoms with Crippen LogP contribution in [0.3, 0.4) is 0 Å². The molecule has 32 heavy (non-hydrogen) atoms. The number of benzene rings is 1. The van der Waals surface area contributed by atoms with Gasteiger partial charge >= 0.3 is 6.03 Å². The van der Waals surface area contributed by atoms with Gasteiger partial charge in [-0.15, -0.1) is 0 Å². The number of carbonyl (C=O) groups excluding carboxylic acids is 1. The first-order valence-corrected chi connectivity index (χ1v) is 11.9. The maximum Gasteiger partial charge on any atom is 0.319 e. The van der Waals surface area contributed by atoms with Gasteiger partial charge in [-0.2, -0.15) is 0 Å². The number of amides is 2. The number of pyridine rings is 1. The number of rotatable bonds is 11. The maximum absolute atomic E-state index is 12.2. The number of piperazine rings is 1. The Bertz CT molecular complexity index is 786. The lowest BCUT2D eigenvalue weighted by Crippen LogP contribution is -2.47. The van der Waals surface area contributed by atoms with Gasteiger partial charge in [0.25, 0.3) is 0 Å². The van der Waals surface area contributed by atoms with Crippen LogP contribution in [0.2, 0.25) is 0 Å². The van der Waals surface area contributed by atoms with Gasteiger partial charge in [0.15, 0.2) is 0 Å². The highest BCUT2D eigenvalue weighted by Gasteiger charge is 2.16. The van der Waals surface area contributed by atoms with E-state index < -0.39 is 0 Å². The predicted molar refractivity (Wildman–Crippen MR) is 132 cm³/mol. The van der Waals surface area contributed by atoms with Gasteiger partial charge in [-0.1, -0.05) is 26.0 Å². The first-order valence-electron chi connectivity index (χ1n) is 11.9. The van der Waals surface area contributed by atoms with Crippen LogP contribution in [0.15, 0.2) is 48.8 Å². The lowest BCUT2D eigenvalue weighted by atomic mass is 10.1. The molecule has 1 aliphatic rings. The van der Waals surface area contributed by atoms with E-state index in [0.29, 0.717) is 6.54 Å². The van der Waals surface area contributed by atoms with Crippen molar-refractivity contribution in [2.24, 2.45) is 0 Å². The molecule has 7 nitrogen and oxygen atoms in total. The number of nitrogens with zero attached hydrogens (tertiary/aromatic N) is 4. The Kier molecular flexibility index (Phi) is 9.78. The first-order chi connectivity index (χ1) is 15.7. The molecule has 2 aromatic rings. The molecule has 0 aliphatic carbocycles. The average Bonchev–Trinajstić information content (AvgIpc) is 2.84. The second-order valence-corrected chi connectivity index (χ2v) is 8.24. The van der Waals surface area contributed by atoms with Gasteiger partial charge in [-0.05, 0) is 62.3 Å². The van der Waals surface area contributed by atoms with E-state index in [1.54, 1.807) is 0 Å². The summed E-state index contributed by atoms with van der Waals surface area (Å²) in [5.74, 6) is 0. The van der Waals surface area contributed by atoms with E-state index in [1.807, 2.05) is 24.5 Å². The van der Waals surface area contributed by atoms with Crippen LogP contribution in [0.1, 0.15) is 25.8 Å². The predicted octanol–water partition coefficient (Wildman–Crippen LogP) is 3.30. The Hall–Kier alpha value is -2.64. The van der Waals surface area contributed by atoms with E-state index in [-0.39, 0.29) is 6.03 Å². The van der Waals surface area contributed by atoms with Crippen LogP contribution in [-0.4, -0.2) is 79.7 Å². The third kappa shape index (κ3) is 7.80. The number of hydrogen-bond acceptors (Lipinski definition) is 5. The highest BCUT2D eigenvalue weighted by Crippen LogP contribution is 2.15. The molecule has 2 N–H and O–H groups in total. The highest BCUT2D eigenvalue weighted by atomic mass is 16.2. The molecule has 0 atom stereocenters. The fraction of sp³-hybridized carbons (Fsp3) is 0.520. The summed E-state index contributed by atoms with van der Waals surface area (Å²) in [4.78, 5) is 23.6. The molecule has 2 amide bonds. The normalized spacial score (nSPS) is 14.5. The van der Waals surface area contributed by atoms with Crippen LogP contribution in [0.25, 0.3) is 0 Å². The number of anilines is 2. The fourth-order valence-electron chi connectivity index (χ4n) is 4.05. The van der Waals surface area contributed by atoms with E-state index in [9.17, 15) is 4.79 Å². The van der Waals surface area contributed by atoms with Crippen molar-refractivity contribution in [2.75, 3.05) is 69.1 Å². The summed E-state index contributed by atoms with van der Waals surface area (Å²) in [6.45, 7) is 13.5. The lowest BCUT2D eigenvalue weighted by Gasteiger charge is -2.36. The third-order valence-corrected chi connectivity index (χ3v) is 6.16. The third-order valence-electron chi connectivity index (χ3n) is 6.16. The summed E-state index contributed by atoms with van der Waals surface area (Å²) in [5.41, 5.74) is 3.38. The zero-order valence-corrected chi connectivity index (χ0v) is 19.6. The SMILES string of the molecule is CCN(CC)CCc1ccc(NC(=O)NCCCN2CCN(c3ccncc3)CC2)cc1. The molecule has 1 saturated heterocycles. The summed E-state index contributed by atoms with van der Waals surface area (Å²) in [5, 5.41) is 5.91. The minimum Gasteiger partial charge on any atom is -0.369 e. The largest absolute Gasteiger partial charge is 0.369 e. The Morgan fingerprint density at radius 3 is 2.34 bits per heavy atom. The molecule has 0 saturated carbocycles. The number of carbonyl (C=O) groups is 1. The van der Waals surface area contributed by atoms with Crippen molar-refractivity contribution in [3.8, 4) is 0 Å². The van der Waals surface area contributed by atoms with Crippen LogP contribution in [0.5, 0.6) is 0 Å². The molecule has 3 rings (SSSR count). The van der Waals surface area contributed by atoms with Crippen molar-refractivity contribution in [3.63, 3.8) is 0 Å². The average molecular weight is 439 g/mol. The monoisotopic (exact) mass is 438 g/mol. The number of likely N-dealkylation sites (N-methyl/N-ethyl adjacent to an activating group) is 1. The maximum atomic E-state index is 12.2. The molecule has 0 bridgehead atoms. The molecule has 1 aromatic carbocycles. The van der Waals surface area contributed by atoms with E-state index in [2.05, 4.69) is 68.4 Å². The molecule has 0 radical (unpaired) electrons. The van der Waals surface area contributed by atoms with Crippen LogP contribution < -0.4 is 15.5 Å². The zero-order valence-electron chi connectivity index (χ0n) is 19.6. The van der Waals surface area contributed by atoms with Crippen LogP contribution in [0.4, 0.5) is 16.2 Å². The summed E-state index contributed by atoms with van der Waals surface area (Å²) in [6.07, 6.45) is 5.68. The summed E-state index contributed by atoms with van der Waals surface area (Å²) in [6, 6.07) is 12.2. The van der Waals surface area contributed by atoms with Crippen molar-refractivity contribution < 1.29 is 4.79 Å². The van der Waals surface area contributed by atoms with Gasteiger partial charge in [0.05, 0.1) is 0 Å². The molecule has 0 spiro atoms.